The van der Waals surface area contributed by atoms with E-state index in [2.05, 4.69) is 32.6 Å². The molecule has 0 radical (unpaired) electrons. The van der Waals surface area contributed by atoms with E-state index in [1.165, 1.54) is 0 Å². The highest BCUT2D eigenvalue weighted by molar-refractivity contribution is 5.76. The predicted octanol–water partition coefficient (Wildman–Crippen LogP) is 3.18. The molecule has 1 heterocycles. The van der Waals surface area contributed by atoms with Crippen molar-refractivity contribution in [1.82, 2.24) is 4.90 Å². The van der Waals surface area contributed by atoms with Gasteiger partial charge in [0.05, 0.1) is 0 Å². The first-order valence-corrected chi connectivity index (χ1v) is 7.74. The molecule has 0 spiro atoms. The molecule has 0 bridgehead atoms. The lowest BCUT2D eigenvalue weighted by Crippen LogP contribution is -2.32. The van der Waals surface area contributed by atoms with Crippen molar-refractivity contribution in [3.05, 3.63) is 0 Å². The highest BCUT2D eigenvalue weighted by Gasteiger charge is 2.27. The van der Waals surface area contributed by atoms with Crippen molar-refractivity contribution in [2.75, 3.05) is 19.6 Å². The fraction of sp³-hybridized carbons (Fsp3) is 0.938. The number of rotatable bonds is 6. The Bertz CT molecular complexity index is 297. The van der Waals surface area contributed by atoms with E-state index in [-0.39, 0.29) is 5.41 Å². The van der Waals surface area contributed by atoms with Gasteiger partial charge in [0.1, 0.15) is 0 Å². The van der Waals surface area contributed by atoms with E-state index in [1.807, 2.05) is 0 Å². The van der Waals surface area contributed by atoms with Gasteiger partial charge in [-0.1, -0.05) is 34.1 Å². The van der Waals surface area contributed by atoms with Crippen LogP contribution in [-0.2, 0) is 4.79 Å². The second-order valence-corrected chi connectivity index (χ2v) is 7.62. The molecule has 3 nitrogen and oxygen atoms in total. The maximum absolute atomic E-state index is 12.1. The first-order valence-electron chi connectivity index (χ1n) is 7.74. The lowest BCUT2D eigenvalue weighted by Gasteiger charge is -2.25. The molecule has 1 aliphatic heterocycles. The highest BCUT2D eigenvalue weighted by atomic mass is 16.2. The minimum absolute atomic E-state index is 0.241. The van der Waals surface area contributed by atoms with Crippen LogP contribution >= 0.6 is 0 Å². The molecule has 0 saturated carbocycles. The summed E-state index contributed by atoms with van der Waals surface area (Å²) >= 11 is 0. The minimum atomic E-state index is 0.241. The maximum Gasteiger partial charge on any atom is 0.222 e. The number of nitrogens with zero attached hydrogens (tertiary/aromatic N) is 1. The standard InChI is InChI=1S/C16H32N2O/c1-15(2)9-7-14(19)18(12-10-15)11-6-5-8-16(3,4)13-17/h5-13,17H2,1-4H3. The molecule has 1 fully saturated rings. The van der Waals surface area contributed by atoms with Crippen molar-refractivity contribution >= 4 is 5.91 Å². The average molecular weight is 268 g/mol. The van der Waals surface area contributed by atoms with Gasteiger partial charge in [-0.3, -0.25) is 4.79 Å². The molecule has 1 saturated heterocycles. The first-order chi connectivity index (χ1) is 8.76. The number of hydrogen-bond donors (Lipinski definition) is 1. The van der Waals surface area contributed by atoms with E-state index in [0.29, 0.717) is 11.3 Å². The fourth-order valence-corrected chi connectivity index (χ4v) is 2.54. The molecule has 19 heavy (non-hydrogen) atoms. The molecular formula is C16H32N2O. The Morgan fingerprint density at radius 3 is 2.58 bits per heavy atom. The van der Waals surface area contributed by atoms with Gasteiger partial charge in [0.25, 0.3) is 0 Å². The lowest BCUT2D eigenvalue weighted by atomic mass is 9.85. The molecule has 112 valence electrons. The SMILES string of the molecule is CC(C)(CN)CCCCN1CCC(C)(C)CCC1=O. The summed E-state index contributed by atoms with van der Waals surface area (Å²) in [6.07, 6.45) is 6.31. The third-order valence-corrected chi connectivity index (χ3v) is 4.51. The fourth-order valence-electron chi connectivity index (χ4n) is 2.54. The van der Waals surface area contributed by atoms with E-state index in [9.17, 15) is 4.79 Å². The van der Waals surface area contributed by atoms with Crippen LogP contribution in [0, 0.1) is 10.8 Å². The summed E-state index contributed by atoms with van der Waals surface area (Å²) in [5.41, 5.74) is 6.31. The van der Waals surface area contributed by atoms with Crippen molar-refractivity contribution in [3.8, 4) is 0 Å². The van der Waals surface area contributed by atoms with E-state index in [4.69, 9.17) is 5.73 Å². The van der Waals surface area contributed by atoms with Crippen LogP contribution in [-0.4, -0.2) is 30.4 Å². The van der Waals surface area contributed by atoms with Crippen molar-refractivity contribution < 1.29 is 4.79 Å². The molecule has 3 heteroatoms. The second-order valence-electron chi connectivity index (χ2n) is 7.62. The van der Waals surface area contributed by atoms with Gasteiger partial charge in [-0.25, -0.2) is 0 Å². The highest BCUT2D eigenvalue weighted by Crippen LogP contribution is 2.30. The van der Waals surface area contributed by atoms with Crippen LogP contribution in [0.2, 0.25) is 0 Å². The Morgan fingerprint density at radius 1 is 1.26 bits per heavy atom. The monoisotopic (exact) mass is 268 g/mol. The second kappa shape index (κ2) is 6.74. The Hall–Kier alpha value is -0.570. The quantitative estimate of drug-likeness (QED) is 0.752. The summed E-state index contributed by atoms with van der Waals surface area (Å²) < 4.78 is 0. The summed E-state index contributed by atoms with van der Waals surface area (Å²) in [5, 5.41) is 0. The first kappa shape index (κ1) is 16.5. The molecule has 0 aromatic rings. The van der Waals surface area contributed by atoms with Gasteiger partial charge in [-0.05, 0) is 43.1 Å². The van der Waals surface area contributed by atoms with Crippen LogP contribution < -0.4 is 5.73 Å². The molecule has 1 rings (SSSR count). The largest absolute Gasteiger partial charge is 0.343 e. The topological polar surface area (TPSA) is 46.3 Å². The number of carbonyl (C=O) groups is 1. The van der Waals surface area contributed by atoms with Crippen LogP contribution in [0.25, 0.3) is 0 Å². The zero-order chi connectivity index (χ0) is 14.5. The van der Waals surface area contributed by atoms with Crippen molar-refractivity contribution in [3.63, 3.8) is 0 Å². The molecule has 0 aromatic heterocycles. The number of unbranched alkanes of at least 4 members (excludes halogenated alkanes) is 1. The van der Waals surface area contributed by atoms with Gasteiger partial charge < -0.3 is 10.6 Å². The summed E-state index contributed by atoms with van der Waals surface area (Å²) in [6, 6.07) is 0. The third-order valence-electron chi connectivity index (χ3n) is 4.51. The molecule has 0 aliphatic carbocycles. The number of likely N-dealkylation sites (tertiary alicyclic amines) is 1. The molecule has 1 amide bonds. The Balaban J connectivity index is 2.30. The molecule has 2 N–H and O–H groups in total. The number of carbonyl (C=O) groups excluding carboxylic acids is 1. The summed E-state index contributed by atoms with van der Waals surface area (Å²) in [5.74, 6) is 0.351. The van der Waals surface area contributed by atoms with Gasteiger partial charge in [0, 0.05) is 19.5 Å². The summed E-state index contributed by atoms with van der Waals surface area (Å²) in [6.45, 7) is 11.6. The number of hydrogen-bond acceptors (Lipinski definition) is 2. The third kappa shape index (κ3) is 5.94. The lowest BCUT2D eigenvalue weighted by molar-refractivity contribution is -0.130. The smallest absolute Gasteiger partial charge is 0.222 e. The molecule has 0 aromatic carbocycles. The zero-order valence-corrected chi connectivity index (χ0v) is 13.3. The summed E-state index contributed by atoms with van der Waals surface area (Å²) in [7, 11) is 0. The van der Waals surface area contributed by atoms with Gasteiger partial charge in [0.15, 0.2) is 0 Å². The van der Waals surface area contributed by atoms with Crippen molar-refractivity contribution in [1.29, 1.82) is 0 Å². The van der Waals surface area contributed by atoms with Crippen molar-refractivity contribution in [2.24, 2.45) is 16.6 Å². The average Bonchev–Trinajstić information content (AvgIpc) is 2.46. The van der Waals surface area contributed by atoms with Crippen LogP contribution in [0.15, 0.2) is 0 Å². The van der Waals surface area contributed by atoms with Crippen LogP contribution in [0.4, 0.5) is 0 Å². The van der Waals surface area contributed by atoms with Gasteiger partial charge >= 0.3 is 0 Å². The zero-order valence-electron chi connectivity index (χ0n) is 13.3. The molecule has 0 atom stereocenters. The Labute approximate surface area is 118 Å². The van der Waals surface area contributed by atoms with Gasteiger partial charge in [0.2, 0.25) is 5.91 Å². The number of nitrogens with two attached hydrogens (primary N) is 1. The Kier molecular flexibility index (Phi) is 5.84. The van der Waals surface area contributed by atoms with Gasteiger partial charge in [-0.2, -0.15) is 0 Å². The minimum Gasteiger partial charge on any atom is -0.343 e. The molecular weight excluding hydrogens is 236 g/mol. The van der Waals surface area contributed by atoms with E-state index >= 15 is 0 Å². The van der Waals surface area contributed by atoms with Crippen molar-refractivity contribution in [2.45, 2.75) is 66.2 Å². The molecule has 0 unspecified atom stereocenters. The van der Waals surface area contributed by atoms with Crippen LogP contribution in [0.3, 0.4) is 0 Å². The number of amides is 1. The predicted molar refractivity (Wildman–Crippen MR) is 80.9 cm³/mol. The van der Waals surface area contributed by atoms with E-state index < -0.39 is 0 Å². The summed E-state index contributed by atoms with van der Waals surface area (Å²) in [4.78, 5) is 14.1. The van der Waals surface area contributed by atoms with E-state index in [1.54, 1.807) is 0 Å². The Morgan fingerprint density at radius 2 is 1.95 bits per heavy atom. The van der Waals surface area contributed by atoms with Gasteiger partial charge in [-0.15, -0.1) is 0 Å². The van der Waals surface area contributed by atoms with Crippen LogP contribution in [0.1, 0.15) is 66.2 Å². The molecule has 1 aliphatic rings. The van der Waals surface area contributed by atoms with E-state index in [0.717, 1.165) is 58.2 Å². The maximum atomic E-state index is 12.1. The normalized spacial score (nSPS) is 20.5. The van der Waals surface area contributed by atoms with Crippen LogP contribution in [0.5, 0.6) is 0 Å².